The van der Waals surface area contributed by atoms with Gasteiger partial charge in [-0.1, -0.05) is 26.2 Å². The van der Waals surface area contributed by atoms with E-state index in [9.17, 15) is 4.79 Å². The Hall–Kier alpha value is -0.770. The maximum atomic E-state index is 12.2. The number of nitrogens with zero attached hydrogens (tertiary/aromatic N) is 1. The summed E-state index contributed by atoms with van der Waals surface area (Å²) in [5, 5.41) is 3.72. The first-order valence-corrected chi connectivity index (χ1v) is 9.12. The molecule has 1 aliphatic heterocycles. The van der Waals surface area contributed by atoms with Crippen LogP contribution in [0.3, 0.4) is 0 Å². The van der Waals surface area contributed by atoms with Crippen molar-refractivity contribution in [3.05, 3.63) is 0 Å². The summed E-state index contributed by atoms with van der Waals surface area (Å²) in [7, 11) is 0. The number of nitrogens with one attached hydrogen (secondary N) is 1. The fourth-order valence-corrected chi connectivity index (χ4v) is 4.02. The molecular formula is C18H34N2O2. The van der Waals surface area contributed by atoms with E-state index < -0.39 is 5.60 Å². The van der Waals surface area contributed by atoms with Gasteiger partial charge in [0.2, 0.25) is 0 Å². The number of amides is 1. The van der Waals surface area contributed by atoms with Crippen LogP contribution >= 0.6 is 0 Å². The fourth-order valence-electron chi connectivity index (χ4n) is 4.02. The summed E-state index contributed by atoms with van der Waals surface area (Å²) in [5.41, 5.74) is -0.403. The average molecular weight is 310 g/mol. The molecule has 4 nitrogen and oxygen atoms in total. The summed E-state index contributed by atoms with van der Waals surface area (Å²) in [5.74, 6) is 1.37. The number of hydrogen-bond acceptors (Lipinski definition) is 3. The van der Waals surface area contributed by atoms with Crippen LogP contribution in [0.15, 0.2) is 0 Å². The number of carbonyl (C=O) groups is 1. The second kappa shape index (κ2) is 7.67. The van der Waals surface area contributed by atoms with E-state index in [4.69, 9.17) is 4.74 Å². The molecule has 0 radical (unpaired) electrons. The second-order valence-electron chi connectivity index (χ2n) is 7.96. The van der Waals surface area contributed by atoms with Crippen LogP contribution < -0.4 is 5.32 Å². The molecule has 1 aliphatic carbocycles. The Morgan fingerprint density at radius 3 is 2.45 bits per heavy atom. The molecule has 128 valence electrons. The van der Waals surface area contributed by atoms with Crippen molar-refractivity contribution in [3.63, 3.8) is 0 Å². The van der Waals surface area contributed by atoms with E-state index in [-0.39, 0.29) is 6.09 Å². The minimum absolute atomic E-state index is 0.145. The zero-order valence-corrected chi connectivity index (χ0v) is 14.9. The molecule has 1 N–H and O–H groups in total. The van der Waals surface area contributed by atoms with Crippen molar-refractivity contribution in [1.29, 1.82) is 0 Å². The molecule has 0 spiro atoms. The lowest BCUT2D eigenvalue weighted by atomic mass is 9.78. The summed E-state index contributed by atoms with van der Waals surface area (Å²) in [6, 6.07) is 0.567. The van der Waals surface area contributed by atoms with Crippen LogP contribution in [-0.2, 0) is 4.74 Å². The Morgan fingerprint density at radius 2 is 1.86 bits per heavy atom. The van der Waals surface area contributed by atoms with Crippen molar-refractivity contribution in [2.45, 2.75) is 77.9 Å². The fraction of sp³-hybridized carbons (Fsp3) is 0.944. The molecule has 1 saturated heterocycles. The highest BCUT2D eigenvalue weighted by atomic mass is 16.6. The van der Waals surface area contributed by atoms with E-state index in [0.717, 1.165) is 32.0 Å². The quantitative estimate of drug-likeness (QED) is 0.858. The van der Waals surface area contributed by atoms with Gasteiger partial charge < -0.3 is 15.0 Å². The van der Waals surface area contributed by atoms with Crippen LogP contribution in [0.2, 0.25) is 0 Å². The summed E-state index contributed by atoms with van der Waals surface area (Å²) >= 11 is 0. The average Bonchev–Trinajstić information content (AvgIpc) is 2.93. The predicted octanol–water partition coefficient (Wildman–Crippen LogP) is 3.80. The van der Waals surface area contributed by atoms with E-state index in [1.165, 1.54) is 32.1 Å². The van der Waals surface area contributed by atoms with Gasteiger partial charge in [0.15, 0.2) is 0 Å². The first-order chi connectivity index (χ1) is 10.4. The third-order valence-electron chi connectivity index (χ3n) is 4.98. The van der Waals surface area contributed by atoms with Crippen molar-refractivity contribution in [2.75, 3.05) is 19.6 Å². The van der Waals surface area contributed by atoms with Crippen LogP contribution in [-0.4, -0.2) is 42.3 Å². The maximum Gasteiger partial charge on any atom is 0.410 e. The number of likely N-dealkylation sites (tertiary alicyclic amines) is 1. The van der Waals surface area contributed by atoms with Crippen LogP contribution in [0.5, 0.6) is 0 Å². The summed E-state index contributed by atoms with van der Waals surface area (Å²) in [4.78, 5) is 14.2. The number of rotatable bonds is 4. The zero-order chi connectivity index (χ0) is 16.2. The van der Waals surface area contributed by atoms with Crippen LogP contribution in [0.1, 0.15) is 66.2 Å². The third kappa shape index (κ3) is 4.87. The Labute approximate surface area is 136 Å². The molecule has 1 saturated carbocycles. The monoisotopic (exact) mass is 310 g/mol. The third-order valence-corrected chi connectivity index (χ3v) is 4.98. The summed E-state index contributed by atoms with van der Waals surface area (Å²) in [6.45, 7) is 10.7. The van der Waals surface area contributed by atoms with E-state index >= 15 is 0 Å². The van der Waals surface area contributed by atoms with Gasteiger partial charge in [0.05, 0.1) is 0 Å². The molecule has 1 amide bonds. The zero-order valence-electron chi connectivity index (χ0n) is 14.9. The largest absolute Gasteiger partial charge is 0.444 e. The molecule has 0 aromatic heterocycles. The van der Waals surface area contributed by atoms with Crippen molar-refractivity contribution in [3.8, 4) is 0 Å². The highest BCUT2D eigenvalue weighted by molar-refractivity contribution is 5.68. The van der Waals surface area contributed by atoms with Crippen molar-refractivity contribution in [2.24, 2.45) is 11.8 Å². The van der Waals surface area contributed by atoms with Gasteiger partial charge in [-0.3, -0.25) is 0 Å². The lowest BCUT2D eigenvalue weighted by Gasteiger charge is -2.35. The number of carbonyl (C=O) groups excluding carboxylic acids is 1. The van der Waals surface area contributed by atoms with Crippen molar-refractivity contribution < 1.29 is 9.53 Å². The van der Waals surface area contributed by atoms with Gasteiger partial charge in [0, 0.05) is 19.1 Å². The Morgan fingerprint density at radius 1 is 1.18 bits per heavy atom. The summed E-state index contributed by atoms with van der Waals surface area (Å²) in [6.07, 6.45) is 7.79. The molecule has 22 heavy (non-hydrogen) atoms. The molecule has 2 rings (SSSR count). The van der Waals surface area contributed by atoms with Gasteiger partial charge in [-0.15, -0.1) is 0 Å². The van der Waals surface area contributed by atoms with Crippen LogP contribution in [0.25, 0.3) is 0 Å². The van der Waals surface area contributed by atoms with E-state index in [1.807, 2.05) is 25.7 Å². The summed E-state index contributed by atoms with van der Waals surface area (Å²) < 4.78 is 5.52. The second-order valence-corrected chi connectivity index (χ2v) is 7.96. The Balaban J connectivity index is 1.92. The standard InChI is InChI=1S/C18H34N2O2/c1-5-19-16(14-9-7-6-8-10-14)15-11-12-20(13-15)17(21)22-18(2,3)4/h14-16,19H,5-13H2,1-4H3. The van der Waals surface area contributed by atoms with Crippen molar-refractivity contribution >= 4 is 6.09 Å². The van der Waals surface area contributed by atoms with Gasteiger partial charge >= 0.3 is 6.09 Å². The van der Waals surface area contributed by atoms with Gasteiger partial charge in [-0.05, 0) is 58.4 Å². The molecular weight excluding hydrogens is 276 g/mol. The first-order valence-electron chi connectivity index (χ1n) is 9.12. The highest BCUT2D eigenvalue weighted by Gasteiger charge is 2.37. The normalized spacial score (nSPS) is 25.3. The van der Waals surface area contributed by atoms with Crippen LogP contribution in [0.4, 0.5) is 4.79 Å². The van der Waals surface area contributed by atoms with Gasteiger partial charge in [0.1, 0.15) is 5.60 Å². The molecule has 0 aromatic carbocycles. The Bertz CT molecular complexity index is 359. The SMILES string of the molecule is CCNC(C1CCCCC1)C1CCN(C(=O)OC(C)(C)C)C1. The lowest BCUT2D eigenvalue weighted by Crippen LogP contribution is -2.44. The van der Waals surface area contributed by atoms with E-state index in [2.05, 4.69) is 12.2 Å². The minimum atomic E-state index is -0.403. The highest BCUT2D eigenvalue weighted by Crippen LogP contribution is 2.33. The van der Waals surface area contributed by atoms with E-state index in [1.54, 1.807) is 0 Å². The topological polar surface area (TPSA) is 41.6 Å². The minimum Gasteiger partial charge on any atom is -0.444 e. The maximum absolute atomic E-state index is 12.2. The van der Waals surface area contributed by atoms with Gasteiger partial charge in [-0.25, -0.2) is 4.79 Å². The Kier molecular flexibility index (Phi) is 6.13. The van der Waals surface area contributed by atoms with E-state index in [0.29, 0.717) is 12.0 Å². The molecule has 4 heteroatoms. The first kappa shape index (κ1) is 17.6. The molecule has 0 aromatic rings. The van der Waals surface area contributed by atoms with Crippen molar-refractivity contribution in [1.82, 2.24) is 10.2 Å². The van der Waals surface area contributed by atoms with Crippen LogP contribution in [0, 0.1) is 11.8 Å². The number of hydrogen-bond donors (Lipinski definition) is 1. The predicted molar refractivity (Wildman–Crippen MR) is 90.0 cm³/mol. The molecule has 1 heterocycles. The van der Waals surface area contributed by atoms with Gasteiger partial charge in [0.25, 0.3) is 0 Å². The molecule has 2 atom stereocenters. The number of ether oxygens (including phenoxy) is 1. The molecule has 2 fully saturated rings. The molecule has 0 bridgehead atoms. The smallest absolute Gasteiger partial charge is 0.410 e. The molecule has 2 unspecified atom stereocenters. The molecule has 2 aliphatic rings. The van der Waals surface area contributed by atoms with Gasteiger partial charge in [-0.2, -0.15) is 0 Å². The lowest BCUT2D eigenvalue weighted by molar-refractivity contribution is 0.0282.